The third-order valence-corrected chi connectivity index (χ3v) is 3.90. The predicted octanol–water partition coefficient (Wildman–Crippen LogP) is 2.74. The number of piperidine rings is 1. The van der Waals surface area contributed by atoms with Gasteiger partial charge in [-0.05, 0) is 31.2 Å². The van der Waals surface area contributed by atoms with Gasteiger partial charge in [0, 0.05) is 25.6 Å². The van der Waals surface area contributed by atoms with Gasteiger partial charge in [-0.25, -0.2) is 4.98 Å². The van der Waals surface area contributed by atoms with Crippen LogP contribution < -0.4 is 4.74 Å². The number of ether oxygens (including phenoxy) is 1. The van der Waals surface area contributed by atoms with Gasteiger partial charge in [0.2, 0.25) is 5.88 Å². The molecule has 0 spiro atoms. The first-order valence-corrected chi connectivity index (χ1v) is 7.92. The van der Waals surface area contributed by atoms with E-state index in [1.807, 2.05) is 0 Å². The maximum absolute atomic E-state index is 12.5. The molecular weight excluding hydrogens is 341 g/mol. The maximum Gasteiger partial charge on any atom is 0.422 e. The summed E-state index contributed by atoms with van der Waals surface area (Å²) in [4.78, 5) is 28.6. The van der Waals surface area contributed by atoms with E-state index in [1.54, 1.807) is 4.90 Å². The molecule has 2 heterocycles. The van der Waals surface area contributed by atoms with Gasteiger partial charge < -0.3 is 14.7 Å². The molecule has 0 radical (unpaired) electrons. The van der Waals surface area contributed by atoms with Crippen molar-refractivity contribution in [3.05, 3.63) is 23.9 Å². The SMILES string of the molecule is O=C(O)CCC1CCCN(C(=O)c2cccc(OCC(F)(F)F)n2)C1. The van der Waals surface area contributed by atoms with Crippen molar-refractivity contribution >= 4 is 11.9 Å². The molecular formula is C16H19F3N2O4. The zero-order valence-corrected chi connectivity index (χ0v) is 13.5. The van der Waals surface area contributed by atoms with Crippen molar-refractivity contribution in [2.24, 2.45) is 5.92 Å². The zero-order valence-electron chi connectivity index (χ0n) is 13.5. The van der Waals surface area contributed by atoms with Crippen molar-refractivity contribution in [1.29, 1.82) is 0 Å². The van der Waals surface area contributed by atoms with E-state index in [0.717, 1.165) is 12.8 Å². The minimum atomic E-state index is -4.48. The monoisotopic (exact) mass is 360 g/mol. The van der Waals surface area contributed by atoms with Gasteiger partial charge in [0.1, 0.15) is 5.69 Å². The summed E-state index contributed by atoms with van der Waals surface area (Å²) in [6.07, 6.45) is -2.35. The lowest BCUT2D eigenvalue weighted by atomic mass is 9.93. The summed E-state index contributed by atoms with van der Waals surface area (Å²) in [5.41, 5.74) is 0.0126. The van der Waals surface area contributed by atoms with Gasteiger partial charge in [0.15, 0.2) is 6.61 Å². The number of aliphatic carboxylic acids is 1. The molecule has 0 aromatic carbocycles. The summed E-state index contributed by atoms with van der Waals surface area (Å²) in [7, 11) is 0. The van der Waals surface area contributed by atoms with Crippen molar-refractivity contribution in [3.63, 3.8) is 0 Å². The molecule has 1 unspecified atom stereocenters. The normalized spacial score (nSPS) is 18.0. The lowest BCUT2D eigenvalue weighted by molar-refractivity contribution is -0.154. The van der Waals surface area contributed by atoms with Crippen LogP contribution in [-0.4, -0.2) is 52.7 Å². The third kappa shape index (κ3) is 6.24. The second-order valence-electron chi connectivity index (χ2n) is 5.96. The van der Waals surface area contributed by atoms with Gasteiger partial charge in [-0.2, -0.15) is 13.2 Å². The van der Waals surface area contributed by atoms with Crippen molar-refractivity contribution in [2.45, 2.75) is 31.9 Å². The lowest BCUT2D eigenvalue weighted by Crippen LogP contribution is -2.40. The van der Waals surface area contributed by atoms with E-state index >= 15 is 0 Å². The highest BCUT2D eigenvalue weighted by atomic mass is 19.4. The van der Waals surface area contributed by atoms with E-state index in [0.29, 0.717) is 19.5 Å². The number of amides is 1. The lowest BCUT2D eigenvalue weighted by Gasteiger charge is -2.32. The topological polar surface area (TPSA) is 79.7 Å². The van der Waals surface area contributed by atoms with Crippen molar-refractivity contribution in [3.8, 4) is 5.88 Å². The number of carbonyl (C=O) groups excluding carboxylic acids is 1. The molecule has 6 nitrogen and oxygen atoms in total. The first-order valence-electron chi connectivity index (χ1n) is 7.92. The smallest absolute Gasteiger partial charge is 0.422 e. The molecule has 9 heteroatoms. The van der Waals surface area contributed by atoms with Gasteiger partial charge in [0.05, 0.1) is 0 Å². The van der Waals surface area contributed by atoms with E-state index in [2.05, 4.69) is 9.72 Å². The Morgan fingerprint density at radius 3 is 2.80 bits per heavy atom. The van der Waals surface area contributed by atoms with Crippen LogP contribution in [0.1, 0.15) is 36.2 Å². The number of hydrogen-bond donors (Lipinski definition) is 1. The number of nitrogens with zero attached hydrogens (tertiary/aromatic N) is 2. The summed E-state index contributed by atoms with van der Waals surface area (Å²) in [6, 6.07) is 4.09. The fourth-order valence-corrected chi connectivity index (χ4v) is 2.74. The van der Waals surface area contributed by atoms with Gasteiger partial charge in [0.25, 0.3) is 5.91 Å². The zero-order chi connectivity index (χ0) is 18.4. The number of carboxylic acids is 1. The molecule has 1 fully saturated rings. The molecule has 1 aromatic heterocycles. The van der Waals surface area contributed by atoms with Crippen LogP contribution in [0.15, 0.2) is 18.2 Å². The van der Waals surface area contributed by atoms with Crippen LogP contribution in [0.2, 0.25) is 0 Å². The van der Waals surface area contributed by atoms with Crippen LogP contribution in [0, 0.1) is 5.92 Å². The summed E-state index contributed by atoms with van der Waals surface area (Å²) in [6.45, 7) is -0.544. The first-order chi connectivity index (χ1) is 11.7. The number of rotatable bonds is 6. The minimum absolute atomic E-state index is 0.0126. The standard InChI is InChI=1S/C16H19F3N2O4/c17-16(18,19)10-25-13-5-1-4-12(20-13)15(24)21-8-2-3-11(9-21)6-7-14(22)23/h1,4-5,11H,2-3,6-10H2,(H,22,23). The Kier molecular flexibility index (Phi) is 6.22. The molecule has 25 heavy (non-hydrogen) atoms. The first kappa shape index (κ1) is 19.0. The highest BCUT2D eigenvalue weighted by Gasteiger charge is 2.29. The number of hydrogen-bond acceptors (Lipinski definition) is 4. The van der Waals surface area contributed by atoms with Crippen LogP contribution in [0.25, 0.3) is 0 Å². The highest BCUT2D eigenvalue weighted by Crippen LogP contribution is 2.23. The molecule has 1 saturated heterocycles. The van der Waals surface area contributed by atoms with Crippen LogP contribution in [0.4, 0.5) is 13.2 Å². The Hall–Kier alpha value is -2.32. The van der Waals surface area contributed by atoms with Gasteiger partial charge >= 0.3 is 12.1 Å². The van der Waals surface area contributed by atoms with Crippen molar-refractivity contribution in [1.82, 2.24) is 9.88 Å². The van der Waals surface area contributed by atoms with Crippen LogP contribution in [0.5, 0.6) is 5.88 Å². The second-order valence-corrected chi connectivity index (χ2v) is 5.96. The highest BCUT2D eigenvalue weighted by molar-refractivity contribution is 5.92. The number of alkyl halides is 3. The van der Waals surface area contributed by atoms with Crippen LogP contribution >= 0.6 is 0 Å². The van der Waals surface area contributed by atoms with E-state index in [9.17, 15) is 22.8 Å². The third-order valence-electron chi connectivity index (χ3n) is 3.90. The van der Waals surface area contributed by atoms with E-state index in [-0.39, 0.29) is 23.9 Å². The average molecular weight is 360 g/mol. The summed E-state index contributed by atoms with van der Waals surface area (Å²) < 4.78 is 41.1. The Morgan fingerprint density at radius 1 is 1.36 bits per heavy atom. The van der Waals surface area contributed by atoms with Crippen LogP contribution in [-0.2, 0) is 4.79 Å². The molecule has 1 aromatic rings. The molecule has 138 valence electrons. The second kappa shape index (κ2) is 8.17. The van der Waals surface area contributed by atoms with E-state index in [4.69, 9.17) is 5.11 Å². The Morgan fingerprint density at radius 2 is 2.12 bits per heavy atom. The Bertz CT molecular complexity index is 622. The maximum atomic E-state index is 12.5. The van der Waals surface area contributed by atoms with Gasteiger partial charge in [-0.1, -0.05) is 6.07 Å². The van der Waals surface area contributed by atoms with E-state index < -0.39 is 24.7 Å². The number of carbonyl (C=O) groups is 2. The Balaban J connectivity index is 1.98. The summed E-state index contributed by atoms with van der Waals surface area (Å²) >= 11 is 0. The number of aromatic nitrogens is 1. The summed E-state index contributed by atoms with van der Waals surface area (Å²) in [5.74, 6) is -1.43. The minimum Gasteiger partial charge on any atom is -0.481 e. The fraction of sp³-hybridized carbons (Fsp3) is 0.562. The van der Waals surface area contributed by atoms with E-state index in [1.165, 1.54) is 18.2 Å². The molecule has 0 saturated carbocycles. The number of likely N-dealkylation sites (tertiary alicyclic amines) is 1. The molecule has 1 aliphatic heterocycles. The van der Waals surface area contributed by atoms with Crippen LogP contribution in [0.3, 0.4) is 0 Å². The quantitative estimate of drug-likeness (QED) is 0.844. The number of carboxylic acid groups (broad SMARTS) is 1. The molecule has 2 rings (SSSR count). The van der Waals surface area contributed by atoms with Gasteiger partial charge in [-0.15, -0.1) is 0 Å². The average Bonchev–Trinajstić information content (AvgIpc) is 2.57. The predicted molar refractivity (Wildman–Crippen MR) is 81.3 cm³/mol. The molecule has 0 bridgehead atoms. The molecule has 0 aliphatic carbocycles. The molecule has 1 amide bonds. The Labute approximate surface area is 142 Å². The van der Waals surface area contributed by atoms with Crippen molar-refractivity contribution in [2.75, 3.05) is 19.7 Å². The largest absolute Gasteiger partial charge is 0.481 e. The number of pyridine rings is 1. The molecule has 1 N–H and O–H groups in total. The number of halogens is 3. The summed E-state index contributed by atoms with van der Waals surface area (Å²) in [5, 5.41) is 8.75. The molecule has 1 atom stereocenters. The fourth-order valence-electron chi connectivity index (χ4n) is 2.74. The molecule has 1 aliphatic rings. The van der Waals surface area contributed by atoms with Crippen molar-refractivity contribution < 1.29 is 32.6 Å². The van der Waals surface area contributed by atoms with Gasteiger partial charge in [-0.3, -0.25) is 9.59 Å².